The molecule has 18 heavy (non-hydrogen) atoms. The molecule has 1 aromatic heterocycles. The summed E-state index contributed by atoms with van der Waals surface area (Å²) in [5.41, 5.74) is 14.6. The lowest BCUT2D eigenvalue weighted by Crippen LogP contribution is -1.98. The summed E-state index contributed by atoms with van der Waals surface area (Å²) in [5, 5.41) is 2.36. The minimum Gasteiger partial charge on any atom is -0.397 e. The van der Waals surface area contributed by atoms with Crippen molar-refractivity contribution in [3.05, 3.63) is 54.7 Å². The van der Waals surface area contributed by atoms with Crippen LogP contribution >= 0.6 is 0 Å². The number of nitrogens with two attached hydrogens (primary N) is 2. The maximum Gasteiger partial charge on any atom is 0.0952 e. The topological polar surface area (TPSA) is 64.9 Å². The van der Waals surface area contributed by atoms with Crippen molar-refractivity contribution < 1.29 is 0 Å². The highest BCUT2D eigenvalue weighted by Crippen LogP contribution is 2.29. The SMILES string of the molecule is Nc1ccnc(-c2ccc3ccccc3c2)c1N. The summed E-state index contributed by atoms with van der Waals surface area (Å²) in [7, 11) is 0. The first-order valence-electron chi connectivity index (χ1n) is 5.75. The van der Waals surface area contributed by atoms with E-state index in [4.69, 9.17) is 11.5 Å². The second-order valence-corrected chi connectivity index (χ2v) is 4.22. The number of nitrogen functional groups attached to an aromatic ring is 2. The molecule has 3 rings (SSSR count). The third-order valence-electron chi connectivity index (χ3n) is 3.05. The van der Waals surface area contributed by atoms with Crippen LogP contribution in [-0.2, 0) is 0 Å². The van der Waals surface area contributed by atoms with Crippen LogP contribution in [0.15, 0.2) is 54.7 Å². The van der Waals surface area contributed by atoms with Gasteiger partial charge in [0.1, 0.15) is 0 Å². The predicted molar refractivity (Wildman–Crippen MR) is 76.0 cm³/mol. The van der Waals surface area contributed by atoms with Crippen molar-refractivity contribution in [2.24, 2.45) is 0 Å². The Morgan fingerprint density at radius 3 is 2.44 bits per heavy atom. The quantitative estimate of drug-likeness (QED) is 0.681. The molecule has 0 aliphatic rings. The van der Waals surface area contributed by atoms with Gasteiger partial charge in [-0.2, -0.15) is 0 Å². The highest BCUT2D eigenvalue weighted by molar-refractivity contribution is 5.90. The summed E-state index contributed by atoms with van der Waals surface area (Å²) in [6, 6.07) is 16.1. The summed E-state index contributed by atoms with van der Waals surface area (Å²) in [4.78, 5) is 4.31. The van der Waals surface area contributed by atoms with Gasteiger partial charge in [0.25, 0.3) is 0 Å². The third-order valence-corrected chi connectivity index (χ3v) is 3.05. The van der Waals surface area contributed by atoms with Gasteiger partial charge in [0.15, 0.2) is 0 Å². The number of benzene rings is 2. The fourth-order valence-electron chi connectivity index (χ4n) is 2.05. The summed E-state index contributed by atoms with van der Waals surface area (Å²) in [6.45, 7) is 0. The molecule has 0 amide bonds. The van der Waals surface area contributed by atoms with Crippen molar-refractivity contribution in [3.8, 4) is 11.3 Å². The van der Waals surface area contributed by atoms with E-state index in [1.54, 1.807) is 12.3 Å². The maximum absolute atomic E-state index is 5.97. The number of anilines is 2. The predicted octanol–water partition coefficient (Wildman–Crippen LogP) is 3.07. The Bertz CT molecular complexity index is 720. The molecule has 0 saturated heterocycles. The van der Waals surface area contributed by atoms with Crippen LogP contribution in [0.5, 0.6) is 0 Å². The molecule has 0 atom stereocenters. The number of fused-ring (bicyclic) bond motifs is 1. The van der Waals surface area contributed by atoms with Crippen LogP contribution in [0.2, 0.25) is 0 Å². The zero-order valence-electron chi connectivity index (χ0n) is 9.80. The molecule has 4 N–H and O–H groups in total. The summed E-state index contributed by atoms with van der Waals surface area (Å²) < 4.78 is 0. The Morgan fingerprint density at radius 1 is 0.833 bits per heavy atom. The molecule has 0 radical (unpaired) electrons. The molecule has 2 aromatic carbocycles. The van der Waals surface area contributed by atoms with Crippen molar-refractivity contribution in [2.45, 2.75) is 0 Å². The van der Waals surface area contributed by atoms with Crippen LogP contribution in [0, 0.1) is 0 Å². The van der Waals surface area contributed by atoms with Gasteiger partial charge in [-0.1, -0.05) is 36.4 Å². The number of rotatable bonds is 1. The molecule has 88 valence electrons. The van der Waals surface area contributed by atoms with Gasteiger partial charge >= 0.3 is 0 Å². The average molecular weight is 235 g/mol. The molecule has 3 nitrogen and oxygen atoms in total. The number of nitrogens with zero attached hydrogens (tertiary/aromatic N) is 1. The van der Waals surface area contributed by atoms with Crippen LogP contribution in [0.1, 0.15) is 0 Å². The third kappa shape index (κ3) is 1.66. The highest BCUT2D eigenvalue weighted by Gasteiger charge is 2.07. The van der Waals surface area contributed by atoms with Crippen molar-refractivity contribution in [3.63, 3.8) is 0 Å². The first-order chi connectivity index (χ1) is 8.75. The van der Waals surface area contributed by atoms with Crippen molar-refractivity contribution in [2.75, 3.05) is 11.5 Å². The van der Waals surface area contributed by atoms with Gasteiger partial charge in [-0.15, -0.1) is 0 Å². The smallest absolute Gasteiger partial charge is 0.0952 e. The van der Waals surface area contributed by atoms with E-state index in [1.165, 1.54) is 10.8 Å². The lowest BCUT2D eigenvalue weighted by Gasteiger charge is -2.08. The summed E-state index contributed by atoms with van der Waals surface area (Å²) >= 11 is 0. The molecule has 0 fully saturated rings. The van der Waals surface area contributed by atoms with Gasteiger partial charge in [-0.25, -0.2) is 0 Å². The average Bonchev–Trinajstić information content (AvgIpc) is 2.41. The van der Waals surface area contributed by atoms with E-state index < -0.39 is 0 Å². The Balaban J connectivity index is 2.22. The van der Waals surface area contributed by atoms with Crippen LogP contribution in [-0.4, -0.2) is 4.98 Å². The van der Waals surface area contributed by atoms with Gasteiger partial charge in [0, 0.05) is 11.8 Å². The normalized spacial score (nSPS) is 10.7. The standard InChI is InChI=1S/C15H13N3/c16-13-7-8-18-15(14(13)17)12-6-5-10-3-1-2-4-11(10)9-12/h1-9H,17H2,(H2,16,18). The summed E-state index contributed by atoms with van der Waals surface area (Å²) in [6.07, 6.45) is 1.68. The van der Waals surface area contributed by atoms with Crippen LogP contribution in [0.3, 0.4) is 0 Å². The fourth-order valence-corrected chi connectivity index (χ4v) is 2.05. The lowest BCUT2D eigenvalue weighted by atomic mass is 10.0. The molecular formula is C15H13N3. The van der Waals surface area contributed by atoms with Gasteiger partial charge in [-0.3, -0.25) is 4.98 Å². The van der Waals surface area contributed by atoms with Crippen molar-refractivity contribution in [1.29, 1.82) is 0 Å². The fraction of sp³-hybridized carbons (Fsp3) is 0. The Labute approximate surface area is 105 Å². The Morgan fingerprint density at radius 2 is 1.61 bits per heavy atom. The first-order valence-corrected chi connectivity index (χ1v) is 5.75. The molecule has 3 aromatic rings. The first kappa shape index (κ1) is 10.6. The van der Waals surface area contributed by atoms with E-state index in [0.717, 1.165) is 11.3 Å². The molecule has 0 aliphatic heterocycles. The zero-order chi connectivity index (χ0) is 12.5. The van der Waals surface area contributed by atoms with E-state index in [0.29, 0.717) is 11.4 Å². The molecule has 3 heteroatoms. The minimum absolute atomic E-state index is 0.535. The van der Waals surface area contributed by atoms with Crippen molar-refractivity contribution >= 4 is 22.1 Å². The number of hydrogen-bond donors (Lipinski definition) is 2. The van der Waals surface area contributed by atoms with E-state index in [1.807, 2.05) is 18.2 Å². The van der Waals surface area contributed by atoms with E-state index >= 15 is 0 Å². The Kier molecular flexibility index (Phi) is 2.38. The second-order valence-electron chi connectivity index (χ2n) is 4.22. The van der Waals surface area contributed by atoms with E-state index in [-0.39, 0.29) is 0 Å². The van der Waals surface area contributed by atoms with Gasteiger partial charge in [-0.05, 0) is 22.9 Å². The second kappa shape index (κ2) is 4.04. The molecule has 0 bridgehead atoms. The molecule has 0 aliphatic carbocycles. The zero-order valence-corrected chi connectivity index (χ0v) is 9.80. The van der Waals surface area contributed by atoms with Gasteiger partial charge in [0.05, 0.1) is 17.1 Å². The molecular weight excluding hydrogens is 222 g/mol. The summed E-state index contributed by atoms with van der Waals surface area (Å²) in [5.74, 6) is 0. The van der Waals surface area contributed by atoms with E-state index in [2.05, 4.69) is 29.2 Å². The molecule has 0 unspecified atom stereocenters. The van der Waals surface area contributed by atoms with E-state index in [9.17, 15) is 0 Å². The lowest BCUT2D eigenvalue weighted by molar-refractivity contribution is 1.33. The van der Waals surface area contributed by atoms with Crippen molar-refractivity contribution in [1.82, 2.24) is 4.98 Å². The number of hydrogen-bond acceptors (Lipinski definition) is 3. The van der Waals surface area contributed by atoms with Crippen LogP contribution < -0.4 is 11.5 Å². The van der Waals surface area contributed by atoms with Gasteiger partial charge < -0.3 is 11.5 Å². The number of pyridine rings is 1. The minimum atomic E-state index is 0.535. The largest absolute Gasteiger partial charge is 0.397 e. The van der Waals surface area contributed by atoms with Crippen LogP contribution in [0.4, 0.5) is 11.4 Å². The Hall–Kier alpha value is -2.55. The van der Waals surface area contributed by atoms with Crippen LogP contribution in [0.25, 0.3) is 22.0 Å². The number of aromatic nitrogens is 1. The highest BCUT2D eigenvalue weighted by atomic mass is 14.8. The maximum atomic E-state index is 5.97. The molecule has 0 saturated carbocycles. The monoisotopic (exact) mass is 235 g/mol. The van der Waals surface area contributed by atoms with Gasteiger partial charge in [0.2, 0.25) is 0 Å². The molecule has 1 heterocycles. The molecule has 0 spiro atoms.